The first kappa shape index (κ1) is 14.0. The number of halogens is 2. The first-order chi connectivity index (χ1) is 8.27. The fraction of sp³-hybridized carbons (Fsp3) is 0. The Morgan fingerprint density at radius 3 is 2.28 bits per heavy atom. The van der Waals surface area contributed by atoms with Gasteiger partial charge in [0.2, 0.25) is 0 Å². The van der Waals surface area contributed by atoms with Gasteiger partial charge in [-0.05, 0) is 12.1 Å². The number of benzene rings is 2. The van der Waals surface area contributed by atoms with Gasteiger partial charge in [-0.2, -0.15) is 5.10 Å². The van der Waals surface area contributed by atoms with Gasteiger partial charge in [0.15, 0.2) is 5.84 Å². The largest absolute Gasteiger partial charge is 0.382 e. The summed E-state index contributed by atoms with van der Waals surface area (Å²) in [5.74, 6) is -0.0500. The van der Waals surface area contributed by atoms with E-state index < -0.39 is 0 Å². The van der Waals surface area contributed by atoms with E-state index in [0.717, 1.165) is 5.56 Å². The van der Waals surface area contributed by atoms with Crippen molar-refractivity contribution in [2.45, 2.75) is 0 Å². The molecule has 0 unspecified atom stereocenters. The highest BCUT2D eigenvalue weighted by Crippen LogP contribution is 2.12. The van der Waals surface area contributed by atoms with Crippen LogP contribution in [0.15, 0.2) is 59.7 Å². The zero-order valence-electron chi connectivity index (χ0n) is 9.51. The van der Waals surface area contributed by atoms with E-state index in [-0.39, 0.29) is 18.2 Å². The molecule has 0 bridgehead atoms. The lowest BCUT2D eigenvalue weighted by atomic mass is 10.2. The van der Waals surface area contributed by atoms with Gasteiger partial charge in [-0.25, -0.2) is 4.39 Å². The summed E-state index contributed by atoms with van der Waals surface area (Å²) in [4.78, 5) is 0. The smallest absolute Gasteiger partial charge is 0.150 e. The molecule has 0 atom stereocenters. The number of nitrogens with two attached hydrogens (primary N) is 1. The number of hydrazone groups is 1. The molecule has 18 heavy (non-hydrogen) atoms. The maximum atomic E-state index is 13.3. The van der Waals surface area contributed by atoms with Crippen LogP contribution in [0, 0.1) is 5.82 Å². The van der Waals surface area contributed by atoms with Gasteiger partial charge in [0.1, 0.15) is 5.82 Å². The quantitative estimate of drug-likeness (QED) is 0.509. The van der Waals surface area contributed by atoms with Gasteiger partial charge >= 0.3 is 0 Å². The normalized spacial score (nSPS) is 10.6. The summed E-state index contributed by atoms with van der Waals surface area (Å²) >= 11 is 0. The second-order valence-electron chi connectivity index (χ2n) is 3.45. The number of nitrogens with zero attached hydrogens (tertiary/aromatic N) is 1. The van der Waals surface area contributed by atoms with Crippen molar-refractivity contribution in [3.8, 4) is 0 Å². The Bertz CT molecular complexity index is 529. The summed E-state index contributed by atoms with van der Waals surface area (Å²) in [5.41, 5.74) is 9.44. The number of hydrogen-bond acceptors (Lipinski definition) is 2. The summed E-state index contributed by atoms with van der Waals surface area (Å²) in [6, 6.07) is 15.6. The number of para-hydroxylation sites is 1. The highest BCUT2D eigenvalue weighted by molar-refractivity contribution is 5.97. The average molecular weight is 266 g/mol. The van der Waals surface area contributed by atoms with E-state index in [4.69, 9.17) is 5.73 Å². The van der Waals surface area contributed by atoms with Gasteiger partial charge in [-0.15, -0.1) is 12.4 Å². The molecule has 0 heterocycles. The highest BCUT2D eigenvalue weighted by atomic mass is 35.5. The van der Waals surface area contributed by atoms with E-state index in [2.05, 4.69) is 10.5 Å². The van der Waals surface area contributed by atoms with Crippen LogP contribution in [-0.2, 0) is 0 Å². The second kappa shape index (κ2) is 6.61. The van der Waals surface area contributed by atoms with Crippen molar-refractivity contribution in [3.05, 3.63) is 66.0 Å². The third-order valence-corrected chi connectivity index (χ3v) is 2.24. The van der Waals surface area contributed by atoms with E-state index >= 15 is 0 Å². The fourth-order valence-corrected chi connectivity index (χ4v) is 1.35. The van der Waals surface area contributed by atoms with Gasteiger partial charge in [0.25, 0.3) is 0 Å². The molecule has 3 N–H and O–H groups in total. The van der Waals surface area contributed by atoms with Crippen molar-refractivity contribution in [1.82, 2.24) is 0 Å². The summed E-state index contributed by atoms with van der Waals surface area (Å²) in [7, 11) is 0. The zero-order valence-corrected chi connectivity index (χ0v) is 10.3. The first-order valence-electron chi connectivity index (χ1n) is 5.16. The lowest BCUT2D eigenvalue weighted by Gasteiger charge is -2.03. The summed E-state index contributed by atoms with van der Waals surface area (Å²) in [6.07, 6.45) is 0. The fourth-order valence-electron chi connectivity index (χ4n) is 1.35. The topological polar surface area (TPSA) is 50.4 Å². The zero-order chi connectivity index (χ0) is 12.1. The Labute approximate surface area is 111 Å². The van der Waals surface area contributed by atoms with Gasteiger partial charge in [0, 0.05) is 5.56 Å². The number of anilines is 1. The van der Waals surface area contributed by atoms with Gasteiger partial charge < -0.3 is 5.73 Å². The van der Waals surface area contributed by atoms with Gasteiger partial charge in [-0.3, -0.25) is 5.43 Å². The Morgan fingerprint density at radius 1 is 1.00 bits per heavy atom. The predicted molar refractivity (Wildman–Crippen MR) is 74.4 cm³/mol. The molecular weight excluding hydrogens is 253 g/mol. The van der Waals surface area contributed by atoms with Crippen LogP contribution in [0.3, 0.4) is 0 Å². The van der Waals surface area contributed by atoms with Crippen molar-refractivity contribution in [3.63, 3.8) is 0 Å². The van der Waals surface area contributed by atoms with Crippen molar-refractivity contribution in [2.24, 2.45) is 10.8 Å². The van der Waals surface area contributed by atoms with E-state index in [9.17, 15) is 4.39 Å². The molecule has 0 aliphatic heterocycles. The number of rotatable bonds is 3. The van der Waals surface area contributed by atoms with Crippen molar-refractivity contribution in [2.75, 3.05) is 5.43 Å². The van der Waals surface area contributed by atoms with Crippen molar-refractivity contribution >= 4 is 23.9 Å². The number of amidine groups is 1. The molecule has 0 radical (unpaired) electrons. The SMILES string of the molecule is Cl.N/C(=N\Nc1ccccc1F)c1ccccc1. The molecule has 0 amide bonds. The molecule has 0 fully saturated rings. The maximum Gasteiger partial charge on any atom is 0.150 e. The third-order valence-electron chi connectivity index (χ3n) is 2.24. The molecule has 0 aliphatic rings. The van der Waals surface area contributed by atoms with Crippen LogP contribution in [0.5, 0.6) is 0 Å². The summed E-state index contributed by atoms with van der Waals surface area (Å²) < 4.78 is 13.3. The van der Waals surface area contributed by atoms with E-state index in [1.54, 1.807) is 18.2 Å². The Hall–Kier alpha value is -2.07. The van der Waals surface area contributed by atoms with Crippen molar-refractivity contribution in [1.29, 1.82) is 0 Å². The second-order valence-corrected chi connectivity index (χ2v) is 3.45. The van der Waals surface area contributed by atoms with Crippen LogP contribution in [0.2, 0.25) is 0 Å². The molecule has 0 saturated carbocycles. The molecule has 5 heteroatoms. The molecule has 2 aromatic carbocycles. The van der Waals surface area contributed by atoms with E-state index in [1.165, 1.54) is 6.07 Å². The molecule has 0 spiro atoms. The van der Waals surface area contributed by atoms with Crippen LogP contribution in [-0.4, -0.2) is 5.84 Å². The highest BCUT2D eigenvalue weighted by Gasteiger charge is 1.99. The molecule has 0 saturated heterocycles. The minimum atomic E-state index is -0.364. The van der Waals surface area contributed by atoms with Crippen LogP contribution < -0.4 is 11.2 Å². The van der Waals surface area contributed by atoms with E-state index in [1.807, 2.05) is 30.3 Å². The maximum absolute atomic E-state index is 13.3. The lowest BCUT2D eigenvalue weighted by Crippen LogP contribution is -2.15. The van der Waals surface area contributed by atoms with Gasteiger partial charge in [-0.1, -0.05) is 42.5 Å². The third kappa shape index (κ3) is 3.46. The molecule has 2 aromatic rings. The molecule has 0 aliphatic carbocycles. The van der Waals surface area contributed by atoms with Gasteiger partial charge in [0.05, 0.1) is 5.69 Å². The molecule has 94 valence electrons. The van der Waals surface area contributed by atoms with E-state index in [0.29, 0.717) is 11.5 Å². The average Bonchev–Trinajstić information content (AvgIpc) is 2.38. The Kier molecular flexibility index (Phi) is 5.14. The number of nitrogens with one attached hydrogen (secondary N) is 1. The van der Waals surface area contributed by atoms with Crippen LogP contribution >= 0.6 is 12.4 Å². The standard InChI is InChI=1S/C13H12FN3.ClH/c14-11-8-4-5-9-12(11)16-17-13(15)10-6-2-1-3-7-10;/h1-9,16H,(H2,15,17);1H. The monoisotopic (exact) mass is 265 g/mol. The molecule has 0 aromatic heterocycles. The van der Waals surface area contributed by atoms with Crippen molar-refractivity contribution < 1.29 is 4.39 Å². The minimum absolute atomic E-state index is 0. The van der Waals surface area contributed by atoms with Crippen LogP contribution in [0.25, 0.3) is 0 Å². The predicted octanol–water partition coefficient (Wildman–Crippen LogP) is 2.98. The Morgan fingerprint density at radius 2 is 1.61 bits per heavy atom. The van der Waals surface area contributed by atoms with Crippen LogP contribution in [0.4, 0.5) is 10.1 Å². The molecule has 3 nitrogen and oxygen atoms in total. The molecular formula is C13H13ClFN3. The summed E-state index contributed by atoms with van der Waals surface area (Å²) in [6.45, 7) is 0. The first-order valence-corrected chi connectivity index (χ1v) is 5.16. The minimum Gasteiger partial charge on any atom is -0.382 e. The van der Waals surface area contributed by atoms with Crippen LogP contribution in [0.1, 0.15) is 5.56 Å². The lowest BCUT2D eigenvalue weighted by molar-refractivity contribution is 0.630. The Balaban J connectivity index is 0.00000162. The molecule has 2 rings (SSSR count). The summed E-state index contributed by atoms with van der Waals surface area (Å²) in [5, 5.41) is 3.93. The number of hydrogen-bond donors (Lipinski definition) is 2.